The minimum atomic E-state index is -0.330. The van der Waals surface area contributed by atoms with Crippen LogP contribution in [0.4, 0.5) is 0 Å². The van der Waals surface area contributed by atoms with Gasteiger partial charge < -0.3 is 9.47 Å². The van der Waals surface area contributed by atoms with Crippen LogP contribution in [0.2, 0.25) is 5.02 Å². The summed E-state index contributed by atoms with van der Waals surface area (Å²) in [5, 5.41) is 0.767. The summed E-state index contributed by atoms with van der Waals surface area (Å²) in [5.74, 6) is -0.00706. The molecule has 0 N–H and O–H groups in total. The smallest absolute Gasteiger partial charge is 0.331 e. The Balaban J connectivity index is 1.52. The molecule has 0 saturated carbocycles. The lowest BCUT2D eigenvalue weighted by atomic mass is 9.90. The topological polar surface area (TPSA) is 42.0 Å². The molecule has 1 aliphatic rings. The fourth-order valence-corrected chi connectivity index (χ4v) is 3.77. The summed E-state index contributed by atoms with van der Waals surface area (Å²) in [6.45, 7) is 6.45. The standard InChI is InChI=1S/C23H29ClN2O3/c1-28-23(27)18-29-16-15-25-11-13-26(14-12-25)17-22(19-5-3-2-4-6-19)20-7-9-21(24)10-8-20/h2-10,22H,11-18H2,1H3. The van der Waals surface area contributed by atoms with E-state index in [0.717, 1.165) is 44.3 Å². The van der Waals surface area contributed by atoms with Gasteiger partial charge in [-0.1, -0.05) is 54.1 Å². The summed E-state index contributed by atoms with van der Waals surface area (Å²) in [5.41, 5.74) is 2.62. The second-order valence-electron chi connectivity index (χ2n) is 7.29. The molecule has 0 radical (unpaired) electrons. The number of nitrogens with zero attached hydrogens (tertiary/aromatic N) is 2. The fraction of sp³-hybridized carbons (Fsp3) is 0.435. The Bertz CT molecular complexity index is 746. The molecule has 3 rings (SSSR count). The van der Waals surface area contributed by atoms with E-state index in [4.69, 9.17) is 16.3 Å². The zero-order valence-corrected chi connectivity index (χ0v) is 17.7. The summed E-state index contributed by atoms with van der Waals surface area (Å²) in [6, 6.07) is 18.9. The molecule has 156 valence electrons. The molecular formula is C23H29ClN2O3. The first kappa shape index (κ1) is 21.8. The number of benzene rings is 2. The maximum atomic E-state index is 11.1. The van der Waals surface area contributed by atoms with Gasteiger partial charge in [-0.05, 0) is 23.3 Å². The number of rotatable bonds is 9. The predicted octanol–water partition coefficient (Wildman–Crippen LogP) is 3.28. The Morgan fingerprint density at radius 2 is 1.59 bits per heavy atom. The molecule has 1 saturated heterocycles. The van der Waals surface area contributed by atoms with Crippen LogP contribution in [-0.2, 0) is 14.3 Å². The molecule has 1 aliphatic heterocycles. The van der Waals surface area contributed by atoms with E-state index in [0.29, 0.717) is 12.5 Å². The van der Waals surface area contributed by atoms with Gasteiger partial charge in [0.1, 0.15) is 6.61 Å². The number of piperazine rings is 1. The number of hydrogen-bond donors (Lipinski definition) is 0. The zero-order valence-electron chi connectivity index (χ0n) is 16.9. The van der Waals surface area contributed by atoms with E-state index in [2.05, 4.69) is 57.0 Å². The second kappa shape index (κ2) is 11.3. The van der Waals surface area contributed by atoms with Crippen molar-refractivity contribution in [3.8, 4) is 0 Å². The third kappa shape index (κ3) is 6.82. The van der Waals surface area contributed by atoms with Crippen LogP contribution in [0.5, 0.6) is 0 Å². The van der Waals surface area contributed by atoms with E-state index in [9.17, 15) is 4.79 Å². The molecule has 1 unspecified atom stereocenters. The van der Waals surface area contributed by atoms with Crippen LogP contribution in [-0.4, -0.2) is 75.4 Å². The largest absolute Gasteiger partial charge is 0.467 e. The molecular weight excluding hydrogens is 388 g/mol. The van der Waals surface area contributed by atoms with E-state index >= 15 is 0 Å². The molecule has 6 heteroatoms. The number of hydrogen-bond acceptors (Lipinski definition) is 5. The van der Waals surface area contributed by atoms with Crippen LogP contribution in [0.15, 0.2) is 54.6 Å². The lowest BCUT2D eigenvalue weighted by Crippen LogP contribution is -2.48. The van der Waals surface area contributed by atoms with Gasteiger partial charge in [0.25, 0.3) is 0 Å². The molecule has 0 aromatic heterocycles. The minimum absolute atomic E-state index is 0.0241. The highest BCUT2D eigenvalue weighted by Crippen LogP contribution is 2.27. The Kier molecular flexibility index (Phi) is 8.50. The molecule has 1 atom stereocenters. The summed E-state index contributed by atoms with van der Waals surface area (Å²) in [6.07, 6.45) is 0. The van der Waals surface area contributed by atoms with E-state index in [1.807, 2.05) is 12.1 Å². The van der Waals surface area contributed by atoms with Crippen LogP contribution in [0, 0.1) is 0 Å². The van der Waals surface area contributed by atoms with Crippen LogP contribution in [0.25, 0.3) is 0 Å². The monoisotopic (exact) mass is 416 g/mol. The number of carbonyl (C=O) groups is 1. The average molecular weight is 417 g/mol. The SMILES string of the molecule is COC(=O)COCCN1CCN(CC(c2ccccc2)c2ccc(Cl)cc2)CC1. The predicted molar refractivity (Wildman–Crippen MR) is 115 cm³/mol. The number of ether oxygens (including phenoxy) is 2. The van der Waals surface area contributed by atoms with Crippen molar-refractivity contribution >= 4 is 17.6 Å². The third-order valence-electron chi connectivity index (χ3n) is 5.38. The second-order valence-corrected chi connectivity index (χ2v) is 7.72. The third-order valence-corrected chi connectivity index (χ3v) is 5.63. The summed E-state index contributed by atoms with van der Waals surface area (Å²) >= 11 is 6.10. The van der Waals surface area contributed by atoms with Crippen LogP contribution in [0.1, 0.15) is 17.0 Å². The van der Waals surface area contributed by atoms with Crippen molar-refractivity contribution in [3.05, 3.63) is 70.7 Å². The van der Waals surface area contributed by atoms with Crippen molar-refractivity contribution in [2.75, 3.05) is 59.6 Å². The van der Waals surface area contributed by atoms with Crippen molar-refractivity contribution in [1.82, 2.24) is 9.80 Å². The van der Waals surface area contributed by atoms with E-state index < -0.39 is 0 Å². The first-order valence-corrected chi connectivity index (χ1v) is 10.4. The minimum Gasteiger partial charge on any atom is -0.467 e. The first-order valence-electron chi connectivity index (χ1n) is 10.1. The Labute approximate surface area is 178 Å². The van der Waals surface area contributed by atoms with Crippen molar-refractivity contribution in [2.45, 2.75) is 5.92 Å². The first-order chi connectivity index (χ1) is 14.2. The molecule has 0 bridgehead atoms. The highest BCUT2D eigenvalue weighted by molar-refractivity contribution is 6.30. The van der Waals surface area contributed by atoms with Gasteiger partial charge in [0, 0.05) is 50.2 Å². The molecule has 0 aliphatic carbocycles. The van der Waals surface area contributed by atoms with E-state index in [1.165, 1.54) is 18.2 Å². The van der Waals surface area contributed by atoms with Gasteiger partial charge in [-0.25, -0.2) is 4.79 Å². The lowest BCUT2D eigenvalue weighted by Gasteiger charge is -2.36. The number of methoxy groups -OCH3 is 1. The quantitative estimate of drug-likeness (QED) is 0.463. The number of halogens is 1. The maximum absolute atomic E-state index is 11.1. The zero-order chi connectivity index (χ0) is 20.5. The Hall–Kier alpha value is -1.92. The highest BCUT2D eigenvalue weighted by atomic mass is 35.5. The lowest BCUT2D eigenvalue weighted by molar-refractivity contribution is -0.146. The van der Waals surface area contributed by atoms with Gasteiger partial charge in [0.15, 0.2) is 0 Å². The molecule has 2 aromatic carbocycles. The van der Waals surface area contributed by atoms with E-state index in [-0.39, 0.29) is 12.6 Å². The molecule has 1 fully saturated rings. The summed E-state index contributed by atoms with van der Waals surface area (Å²) in [4.78, 5) is 16.0. The van der Waals surface area contributed by atoms with Gasteiger partial charge in [0.2, 0.25) is 0 Å². The van der Waals surface area contributed by atoms with Gasteiger partial charge in [0.05, 0.1) is 13.7 Å². The van der Waals surface area contributed by atoms with E-state index in [1.54, 1.807) is 0 Å². The molecule has 29 heavy (non-hydrogen) atoms. The fourth-order valence-electron chi connectivity index (χ4n) is 3.65. The Morgan fingerprint density at radius 3 is 2.24 bits per heavy atom. The molecule has 0 spiro atoms. The maximum Gasteiger partial charge on any atom is 0.331 e. The van der Waals surface area contributed by atoms with Crippen LogP contribution < -0.4 is 0 Å². The van der Waals surface area contributed by atoms with Gasteiger partial charge in [-0.2, -0.15) is 0 Å². The molecule has 0 amide bonds. The number of carbonyl (C=O) groups excluding carboxylic acids is 1. The normalized spacial score (nSPS) is 16.5. The van der Waals surface area contributed by atoms with Crippen molar-refractivity contribution in [1.29, 1.82) is 0 Å². The summed E-state index contributed by atoms with van der Waals surface area (Å²) in [7, 11) is 1.37. The van der Waals surface area contributed by atoms with Gasteiger partial charge >= 0.3 is 5.97 Å². The summed E-state index contributed by atoms with van der Waals surface area (Å²) < 4.78 is 9.95. The van der Waals surface area contributed by atoms with Crippen LogP contribution >= 0.6 is 11.6 Å². The number of esters is 1. The van der Waals surface area contributed by atoms with Crippen molar-refractivity contribution in [2.24, 2.45) is 0 Å². The van der Waals surface area contributed by atoms with Crippen molar-refractivity contribution < 1.29 is 14.3 Å². The van der Waals surface area contributed by atoms with Gasteiger partial charge in [-0.15, -0.1) is 0 Å². The average Bonchev–Trinajstić information content (AvgIpc) is 2.77. The Morgan fingerprint density at radius 1 is 0.966 bits per heavy atom. The molecule has 2 aromatic rings. The van der Waals surface area contributed by atoms with Crippen LogP contribution in [0.3, 0.4) is 0 Å². The molecule has 5 nitrogen and oxygen atoms in total. The highest BCUT2D eigenvalue weighted by Gasteiger charge is 2.22. The van der Waals surface area contributed by atoms with Gasteiger partial charge in [-0.3, -0.25) is 9.80 Å². The molecule has 1 heterocycles. The van der Waals surface area contributed by atoms with Crippen molar-refractivity contribution in [3.63, 3.8) is 0 Å².